The predicted octanol–water partition coefficient (Wildman–Crippen LogP) is -1.39. The molecule has 0 aromatic heterocycles. The summed E-state index contributed by atoms with van der Waals surface area (Å²) in [4.78, 5) is 21.6. The monoisotopic (exact) mass is 202 g/mol. The molecular weight excluding hydrogens is 197 g/mol. The third-order valence-corrected chi connectivity index (χ3v) is 0. The van der Waals surface area contributed by atoms with Gasteiger partial charge >= 0.3 is 67.0 Å². The fraction of sp³-hybridized carbons (Fsp3) is 0. The van der Waals surface area contributed by atoms with Crippen LogP contribution in [0.25, 0.3) is 0 Å². The summed E-state index contributed by atoms with van der Waals surface area (Å²) in [6, 6.07) is 0. The molecule has 0 aromatic carbocycles. The molecule has 0 bridgehead atoms. The van der Waals surface area contributed by atoms with Crippen LogP contribution in [0.5, 0.6) is 0 Å². The van der Waals surface area contributed by atoms with E-state index in [1.165, 1.54) is 0 Å². The Labute approximate surface area is 91.1 Å². The van der Waals surface area contributed by atoms with Gasteiger partial charge < -0.3 is 20.6 Å². The van der Waals surface area contributed by atoms with Gasteiger partial charge in [-0.25, -0.2) is 4.57 Å². The van der Waals surface area contributed by atoms with Gasteiger partial charge in [-0.1, -0.05) is 0 Å². The van der Waals surface area contributed by atoms with Crippen LogP contribution in [0.3, 0.4) is 0 Å². The van der Waals surface area contributed by atoms with Crippen molar-refractivity contribution >= 4 is 67.0 Å². The van der Waals surface area contributed by atoms with Crippen LogP contribution in [0.15, 0.2) is 0 Å². The summed E-state index contributed by atoms with van der Waals surface area (Å²) in [5, 5.41) is 0. The van der Waals surface area contributed by atoms with E-state index in [9.17, 15) is 5.91 Å². The van der Waals surface area contributed by atoms with Crippen LogP contribution >= 0.6 is 7.82 Å². The summed E-state index contributed by atoms with van der Waals surface area (Å²) in [5.74, 6) is 0. The van der Waals surface area contributed by atoms with Gasteiger partial charge in [-0.15, -0.1) is 0 Å². The number of rotatable bonds is 0. The number of hydrogen-bond donors (Lipinski definition) is 3. The number of phosphoric acid groups is 1. The largest absolute Gasteiger partial charge is 0.879 e. The topological polar surface area (TPSA) is 77.8 Å². The average molecular weight is 202 g/mol. The van der Waals surface area contributed by atoms with Crippen molar-refractivity contribution in [3.63, 3.8) is 0 Å². The van der Waals surface area contributed by atoms with E-state index in [1.807, 2.05) is 0 Å². The minimum absolute atomic E-state index is 0. The third kappa shape index (κ3) is 160. The van der Waals surface area contributed by atoms with E-state index in [2.05, 4.69) is 0 Å². The van der Waals surface area contributed by atoms with Gasteiger partial charge in [0.15, 0.2) is 0 Å². The van der Waals surface area contributed by atoms with Gasteiger partial charge in [0.2, 0.25) is 0 Å². The Morgan fingerprint density at radius 1 is 1.22 bits per heavy atom. The van der Waals surface area contributed by atoms with Crippen molar-refractivity contribution in [2.24, 2.45) is 0 Å². The second-order valence-corrected chi connectivity index (χ2v) is 1.84. The van der Waals surface area contributed by atoms with Crippen LogP contribution in [-0.4, -0.2) is 73.9 Å². The Morgan fingerprint density at radius 3 is 1.22 bits per heavy atom. The maximum absolute atomic E-state index is 9.76. The molecule has 0 aliphatic rings. The number of hydrogen-bond acceptors (Lipinski definition) is 1. The summed E-state index contributed by atoms with van der Waals surface area (Å²) in [7, 11) is -4.64. The van der Waals surface area contributed by atoms with Crippen molar-refractivity contribution in [1.29, 1.82) is 0 Å². The van der Waals surface area contributed by atoms with E-state index in [-0.39, 0.29) is 37.7 Å². The molecular formula is H5CaF2MgO4P. The van der Waals surface area contributed by atoms with Gasteiger partial charge in [-0.05, 0) is 0 Å². The minimum Gasteiger partial charge on any atom is -0.440 e. The first-order chi connectivity index (χ1) is 3.41. The molecule has 4 nitrogen and oxygen atoms in total. The fourth-order valence-electron chi connectivity index (χ4n) is 0. The Hall–Kier alpha value is 2.00. The third-order valence-electron chi connectivity index (χ3n) is 0. The molecule has 0 heterocycles. The standard InChI is InChI=1S/Ca.2FH.Mg.H3O4P.2H/c;;;;1-5(2,3)4;;/h;2*1H;;(H3,1,2,3,4);;/q;;;+2;;;/p-2. The zero-order valence-corrected chi connectivity index (χ0v) is 5.97. The first kappa shape index (κ1) is 17.2. The second kappa shape index (κ2) is 10.00. The summed E-state index contributed by atoms with van der Waals surface area (Å²) >= 11 is -2.58. The molecule has 0 radical (unpaired) electrons. The van der Waals surface area contributed by atoms with E-state index in [1.54, 1.807) is 0 Å². The average Bonchev–Trinajstić information content (AvgIpc) is 1.27. The fourth-order valence-corrected chi connectivity index (χ4v) is 0. The normalized spacial score (nSPS) is 7.67. The van der Waals surface area contributed by atoms with Gasteiger partial charge in [0, 0.05) is 0 Å². The second-order valence-electron chi connectivity index (χ2n) is 0.614. The Balaban J connectivity index is -0.0000000800. The number of halogens is 2. The molecule has 9 heteroatoms. The summed E-state index contributed by atoms with van der Waals surface area (Å²) in [6.07, 6.45) is 0. The molecule has 52 valence electrons. The molecule has 0 saturated carbocycles. The van der Waals surface area contributed by atoms with Crippen molar-refractivity contribution < 1.29 is 25.2 Å². The molecule has 0 aromatic rings. The smallest absolute Gasteiger partial charge is 0.440 e. The molecule has 0 spiro atoms. The first-order valence-corrected chi connectivity index (χ1v) is 3.95. The Bertz CT molecular complexity index is 74.4. The van der Waals surface area contributed by atoms with E-state index in [4.69, 9.17) is 19.2 Å². The summed E-state index contributed by atoms with van der Waals surface area (Å²) in [5.41, 5.74) is 0. The van der Waals surface area contributed by atoms with Crippen molar-refractivity contribution in [1.82, 2.24) is 0 Å². The SMILES string of the molecule is O=P(O)(O)O.[CaH2].[F][Mg][F]. The predicted molar refractivity (Wildman–Crippen MR) is 30.8 cm³/mol. The van der Waals surface area contributed by atoms with Crippen LogP contribution in [-0.2, 0) is 4.57 Å². The zero-order chi connectivity index (χ0) is 7.21. The van der Waals surface area contributed by atoms with E-state index >= 15 is 0 Å². The molecule has 0 rings (SSSR count). The van der Waals surface area contributed by atoms with Gasteiger partial charge in [0.05, 0.1) is 0 Å². The van der Waals surface area contributed by atoms with Gasteiger partial charge in [0.25, 0.3) is 0 Å². The molecule has 0 amide bonds. The Morgan fingerprint density at radius 2 is 1.22 bits per heavy atom. The maximum Gasteiger partial charge on any atom is 0.879 e. The van der Waals surface area contributed by atoms with Crippen molar-refractivity contribution in [3.8, 4) is 0 Å². The van der Waals surface area contributed by atoms with Crippen molar-refractivity contribution in [3.05, 3.63) is 0 Å². The quantitative estimate of drug-likeness (QED) is 0.334. The van der Waals surface area contributed by atoms with Gasteiger partial charge in [0.1, 0.15) is 0 Å². The van der Waals surface area contributed by atoms with Crippen LogP contribution in [0.2, 0.25) is 0 Å². The van der Waals surface area contributed by atoms with E-state index in [0.717, 1.165) is 0 Å². The van der Waals surface area contributed by atoms with Crippen molar-refractivity contribution in [2.45, 2.75) is 0 Å². The molecule has 0 fully saturated rings. The Kier molecular flexibility index (Phi) is 19.1. The first-order valence-electron chi connectivity index (χ1n) is 1.32. The van der Waals surface area contributed by atoms with E-state index in [0.29, 0.717) is 0 Å². The van der Waals surface area contributed by atoms with Gasteiger partial charge in [-0.2, -0.15) is 0 Å². The molecule has 0 aliphatic heterocycles. The van der Waals surface area contributed by atoms with Crippen molar-refractivity contribution in [2.75, 3.05) is 0 Å². The molecule has 0 aliphatic carbocycles. The van der Waals surface area contributed by atoms with Crippen LogP contribution < -0.4 is 0 Å². The van der Waals surface area contributed by atoms with Gasteiger partial charge in [-0.3, -0.25) is 0 Å². The summed E-state index contributed by atoms with van der Waals surface area (Å²) in [6.45, 7) is 0. The maximum atomic E-state index is 9.76. The van der Waals surface area contributed by atoms with Crippen LogP contribution in [0.1, 0.15) is 0 Å². The molecule has 0 unspecified atom stereocenters. The van der Waals surface area contributed by atoms with Crippen LogP contribution in [0, 0.1) is 0 Å². The molecule has 0 atom stereocenters. The zero-order valence-electron chi connectivity index (χ0n) is 3.66. The summed E-state index contributed by atoms with van der Waals surface area (Å²) < 4.78 is 28.4. The van der Waals surface area contributed by atoms with Crippen LogP contribution in [0.4, 0.5) is 5.91 Å². The molecule has 9 heavy (non-hydrogen) atoms. The van der Waals surface area contributed by atoms with E-state index < -0.39 is 29.3 Å². The molecule has 0 saturated heterocycles. The minimum atomic E-state index is -4.64. The molecule has 3 N–H and O–H groups in total.